The second-order valence-electron chi connectivity index (χ2n) is 8.03. The Labute approximate surface area is 225 Å². The lowest BCUT2D eigenvalue weighted by Crippen LogP contribution is -2.51. The van der Waals surface area contributed by atoms with Crippen molar-refractivity contribution in [2.75, 3.05) is 23.8 Å². The summed E-state index contributed by atoms with van der Waals surface area (Å²) in [6.07, 6.45) is 1.80. The molecule has 0 saturated carbocycles. The van der Waals surface area contributed by atoms with Crippen LogP contribution in [0.4, 0.5) is 11.4 Å². The largest absolute Gasteiger partial charge is 0.464 e. The van der Waals surface area contributed by atoms with Crippen LogP contribution in [0, 0.1) is 0 Å². The molecule has 1 unspecified atom stereocenters. The van der Waals surface area contributed by atoms with E-state index in [1.807, 2.05) is 48.5 Å². The van der Waals surface area contributed by atoms with E-state index in [9.17, 15) is 9.59 Å². The first-order valence-electron chi connectivity index (χ1n) is 11.1. The summed E-state index contributed by atoms with van der Waals surface area (Å²) < 4.78 is 14.7. The highest BCUT2D eigenvalue weighted by Crippen LogP contribution is 2.59. The highest BCUT2D eigenvalue weighted by atomic mass is 35.5. The zero-order chi connectivity index (χ0) is 25.6. The van der Waals surface area contributed by atoms with Gasteiger partial charge in [0.05, 0.1) is 17.7 Å². The minimum Gasteiger partial charge on any atom is -0.464 e. The number of carbonyl (C=O) groups excluding carboxylic acids is 2. The minimum atomic E-state index is -1.17. The zero-order valence-electron chi connectivity index (χ0n) is 19.3. The molecular weight excluding hydrogens is 534 g/mol. The summed E-state index contributed by atoms with van der Waals surface area (Å²) in [5.74, 6) is 0.455. The fourth-order valence-electron chi connectivity index (χ4n) is 4.10. The molecule has 1 atom stereocenters. The van der Waals surface area contributed by atoms with Crippen LogP contribution < -0.4 is 19.4 Å². The molecule has 11 heteroatoms. The number of hydrazone groups is 1. The van der Waals surface area contributed by atoms with E-state index in [1.54, 1.807) is 40.3 Å². The summed E-state index contributed by atoms with van der Waals surface area (Å²) in [5, 5.41) is 6.96. The van der Waals surface area contributed by atoms with Crippen molar-refractivity contribution < 1.29 is 23.8 Å². The molecule has 3 heterocycles. The van der Waals surface area contributed by atoms with Gasteiger partial charge in [0.15, 0.2) is 11.5 Å². The van der Waals surface area contributed by atoms with E-state index in [0.29, 0.717) is 32.8 Å². The maximum absolute atomic E-state index is 14.0. The number of esters is 1. The Morgan fingerprint density at radius 2 is 1.78 bits per heavy atom. The number of ether oxygens (including phenoxy) is 3. The highest BCUT2D eigenvalue weighted by Gasteiger charge is 2.60. The van der Waals surface area contributed by atoms with Gasteiger partial charge in [0.25, 0.3) is 5.91 Å². The molecule has 3 aromatic carbocycles. The number of para-hydroxylation sites is 1. The minimum absolute atomic E-state index is 0.128. The molecule has 6 rings (SSSR count). The molecule has 0 aromatic heterocycles. The van der Waals surface area contributed by atoms with Crippen LogP contribution in [0.1, 0.15) is 5.56 Å². The Hall–Kier alpha value is -3.60. The van der Waals surface area contributed by atoms with Crippen molar-refractivity contribution >= 4 is 69.5 Å². The van der Waals surface area contributed by atoms with Gasteiger partial charge in [-0.3, -0.25) is 9.69 Å². The standard InChI is InChI=1S/C26H18ClN3O5S2/c1-33-25(32)23-28-30(19-10-8-17(27)9-11-19)26(37-23)29(18-5-3-2-4-6-18)24(31)22(36-26)14-16-7-12-20-21(13-16)35-15-34-20/h2-14H,15H2,1H3/b22-14-. The van der Waals surface area contributed by atoms with Crippen LogP contribution in [-0.4, -0.2) is 35.1 Å². The number of thioether (sulfide) groups is 2. The third-order valence-corrected chi connectivity index (χ3v) is 8.72. The molecule has 1 spiro atoms. The lowest BCUT2D eigenvalue weighted by Gasteiger charge is -2.38. The van der Waals surface area contributed by atoms with Crippen molar-refractivity contribution in [2.24, 2.45) is 5.10 Å². The molecule has 0 bridgehead atoms. The number of hydrogen-bond acceptors (Lipinski definition) is 9. The van der Waals surface area contributed by atoms with Gasteiger partial charge < -0.3 is 14.2 Å². The van der Waals surface area contributed by atoms with Crippen molar-refractivity contribution in [3.8, 4) is 11.5 Å². The Kier molecular flexibility index (Phi) is 6.02. The summed E-state index contributed by atoms with van der Waals surface area (Å²) in [4.78, 5) is 28.8. The first-order chi connectivity index (χ1) is 18.0. The molecule has 0 radical (unpaired) electrons. The third kappa shape index (κ3) is 4.11. The Morgan fingerprint density at radius 3 is 2.54 bits per heavy atom. The second kappa shape index (κ2) is 9.37. The van der Waals surface area contributed by atoms with Crippen molar-refractivity contribution in [2.45, 2.75) is 4.33 Å². The van der Waals surface area contributed by atoms with Crippen molar-refractivity contribution in [1.29, 1.82) is 0 Å². The van der Waals surface area contributed by atoms with E-state index in [0.717, 1.165) is 17.3 Å². The summed E-state index contributed by atoms with van der Waals surface area (Å²) in [7, 11) is 1.30. The van der Waals surface area contributed by atoms with Crippen LogP contribution >= 0.6 is 35.1 Å². The number of nitrogens with zero attached hydrogens (tertiary/aromatic N) is 3. The van der Waals surface area contributed by atoms with E-state index in [2.05, 4.69) is 5.10 Å². The lowest BCUT2D eigenvalue weighted by atomic mass is 10.2. The fraction of sp³-hybridized carbons (Fsp3) is 0.115. The highest BCUT2D eigenvalue weighted by molar-refractivity contribution is 8.29. The average Bonchev–Trinajstić information content (AvgIpc) is 3.61. The summed E-state index contributed by atoms with van der Waals surface area (Å²) in [6, 6.07) is 21.8. The predicted octanol–water partition coefficient (Wildman–Crippen LogP) is 5.54. The molecule has 1 amide bonds. The maximum Gasteiger partial charge on any atom is 0.365 e. The maximum atomic E-state index is 14.0. The molecule has 1 fully saturated rings. The summed E-state index contributed by atoms with van der Waals surface area (Å²) >= 11 is 8.59. The number of rotatable bonds is 4. The van der Waals surface area contributed by atoms with Crippen molar-refractivity contribution in [3.63, 3.8) is 0 Å². The van der Waals surface area contributed by atoms with Gasteiger partial charge in [-0.2, -0.15) is 5.10 Å². The first-order valence-corrected chi connectivity index (χ1v) is 13.1. The van der Waals surface area contributed by atoms with Crippen LogP contribution in [0.25, 0.3) is 6.08 Å². The van der Waals surface area contributed by atoms with E-state index in [1.165, 1.54) is 18.9 Å². The van der Waals surface area contributed by atoms with Crippen LogP contribution in [0.15, 0.2) is 82.8 Å². The zero-order valence-corrected chi connectivity index (χ0v) is 21.7. The topological polar surface area (TPSA) is 80.7 Å². The number of fused-ring (bicyclic) bond motifs is 1. The molecule has 0 aliphatic carbocycles. The predicted molar refractivity (Wildman–Crippen MR) is 146 cm³/mol. The third-order valence-electron chi connectivity index (χ3n) is 5.77. The number of anilines is 2. The number of halogens is 1. The van der Waals surface area contributed by atoms with Gasteiger partial charge in [0.2, 0.25) is 16.2 Å². The number of hydrogen-bond donors (Lipinski definition) is 0. The normalized spacial score (nSPS) is 21.2. The first kappa shape index (κ1) is 23.8. The van der Waals surface area contributed by atoms with Gasteiger partial charge in [-0.1, -0.05) is 47.6 Å². The Bertz CT molecular complexity index is 1460. The van der Waals surface area contributed by atoms with Gasteiger partial charge >= 0.3 is 5.97 Å². The molecular formula is C26H18ClN3O5S2. The Balaban J connectivity index is 1.49. The molecule has 3 aliphatic rings. The Morgan fingerprint density at radius 1 is 1.03 bits per heavy atom. The van der Waals surface area contributed by atoms with Crippen LogP contribution in [0.5, 0.6) is 11.5 Å². The van der Waals surface area contributed by atoms with Crippen molar-refractivity contribution in [1.82, 2.24) is 0 Å². The van der Waals surface area contributed by atoms with Crippen LogP contribution in [0.2, 0.25) is 5.02 Å². The molecule has 37 heavy (non-hydrogen) atoms. The monoisotopic (exact) mass is 551 g/mol. The van der Waals surface area contributed by atoms with E-state index in [-0.39, 0.29) is 17.7 Å². The summed E-state index contributed by atoms with van der Waals surface area (Å²) in [6.45, 7) is 0.161. The number of benzene rings is 3. The number of carbonyl (C=O) groups is 2. The molecule has 0 N–H and O–H groups in total. The number of amides is 1. The quantitative estimate of drug-likeness (QED) is 0.309. The molecule has 186 valence electrons. The van der Waals surface area contributed by atoms with Gasteiger partial charge in [-0.05, 0) is 71.9 Å². The van der Waals surface area contributed by atoms with Crippen molar-refractivity contribution in [3.05, 3.63) is 88.3 Å². The molecule has 3 aromatic rings. The second-order valence-corrected chi connectivity index (χ2v) is 11.1. The average molecular weight is 552 g/mol. The number of methoxy groups -OCH3 is 1. The van der Waals surface area contributed by atoms with E-state index < -0.39 is 10.3 Å². The van der Waals surface area contributed by atoms with Crippen LogP contribution in [0.3, 0.4) is 0 Å². The molecule has 3 aliphatic heterocycles. The lowest BCUT2D eigenvalue weighted by molar-refractivity contribution is -0.132. The summed E-state index contributed by atoms with van der Waals surface area (Å²) in [5.41, 5.74) is 2.09. The fourth-order valence-corrected chi connectivity index (χ4v) is 7.12. The van der Waals surface area contributed by atoms with Gasteiger partial charge in [-0.15, -0.1) is 0 Å². The van der Waals surface area contributed by atoms with E-state index in [4.69, 9.17) is 25.8 Å². The van der Waals surface area contributed by atoms with Gasteiger partial charge in [0.1, 0.15) is 0 Å². The van der Waals surface area contributed by atoms with E-state index >= 15 is 0 Å². The smallest absolute Gasteiger partial charge is 0.365 e. The SMILES string of the molecule is COC(=O)C1=NN(c2ccc(Cl)cc2)C2(S1)S/C(=C\c1ccc3c(c1)OCO3)C(=O)N2c1ccccc1. The van der Waals surface area contributed by atoms with Crippen LogP contribution in [-0.2, 0) is 14.3 Å². The van der Waals surface area contributed by atoms with Gasteiger partial charge in [-0.25, -0.2) is 9.80 Å². The molecule has 1 saturated heterocycles. The van der Waals surface area contributed by atoms with Gasteiger partial charge in [0, 0.05) is 10.7 Å². The molecule has 8 nitrogen and oxygen atoms in total.